The molecule has 2 aromatic rings. The van der Waals surface area contributed by atoms with Crippen molar-refractivity contribution < 1.29 is 9.53 Å². The second-order valence-electron chi connectivity index (χ2n) is 6.99. The molecule has 1 saturated heterocycles. The maximum atomic E-state index is 13.0. The van der Waals surface area contributed by atoms with E-state index in [-0.39, 0.29) is 5.91 Å². The first kappa shape index (κ1) is 17.4. The van der Waals surface area contributed by atoms with Gasteiger partial charge in [0.1, 0.15) is 12.4 Å². The molecule has 1 fully saturated rings. The number of amides is 1. The number of carbonyl (C=O) groups excluding carboxylic acids is 1. The molecular formula is C21H23ClN2O2. The van der Waals surface area contributed by atoms with Crippen LogP contribution in [0, 0.1) is 0 Å². The highest BCUT2D eigenvalue weighted by Gasteiger charge is 2.22. The van der Waals surface area contributed by atoms with Crippen molar-refractivity contribution in [3.05, 3.63) is 64.2 Å². The van der Waals surface area contributed by atoms with Gasteiger partial charge in [-0.15, -0.1) is 0 Å². The number of benzene rings is 2. The van der Waals surface area contributed by atoms with Crippen molar-refractivity contribution in [2.45, 2.75) is 25.3 Å². The topological polar surface area (TPSA) is 41.6 Å². The fraction of sp³-hybridized carbons (Fsp3) is 0.381. The molecule has 2 aliphatic heterocycles. The molecule has 4 nitrogen and oxygen atoms in total. The number of carbonyl (C=O) groups is 1. The van der Waals surface area contributed by atoms with Crippen LogP contribution in [-0.2, 0) is 6.54 Å². The van der Waals surface area contributed by atoms with E-state index < -0.39 is 0 Å². The van der Waals surface area contributed by atoms with Crippen LogP contribution in [0.1, 0.15) is 40.2 Å². The summed E-state index contributed by atoms with van der Waals surface area (Å²) in [4.78, 5) is 14.8. The minimum atomic E-state index is 0.0368. The van der Waals surface area contributed by atoms with Gasteiger partial charge in [0.25, 0.3) is 5.91 Å². The number of rotatable bonds is 2. The first-order valence-electron chi connectivity index (χ1n) is 9.22. The van der Waals surface area contributed by atoms with Crippen molar-refractivity contribution in [1.29, 1.82) is 0 Å². The van der Waals surface area contributed by atoms with Gasteiger partial charge in [-0.1, -0.05) is 23.7 Å². The van der Waals surface area contributed by atoms with Crippen LogP contribution in [0.15, 0.2) is 42.5 Å². The molecule has 0 aliphatic carbocycles. The van der Waals surface area contributed by atoms with Crippen molar-refractivity contribution in [2.24, 2.45) is 0 Å². The summed E-state index contributed by atoms with van der Waals surface area (Å²) in [5, 5.41) is 4.10. The van der Waals surface area contributed by atoms with E-state index in [9.17, 15) is 4.79 Å². The van der Waals surface area contributed by atoms with Gasteiger partial charge in [0, 0.05) is 29.2 Å². The normalized spacial score (nSPS) is 20.0. The van der Waals surface area contributed by atoms with Crippen molar-refractivity contribution in [1.82, 2.24) is 10.2 Å². The summed E-state index contributed by atoms with van der Waals surface area (Å²) < 4.78 is 5.76. The predicted octanol–water partition coefficient (Wildman–Crippen LogP) is 3.84. The van der Waals surface area contributed by atoms with Gasteiger partial charge >= 0.3 is 0 Å². The molecule has 136 valence electrons. The Bertz CT molecular complexity index is 785. The molecule has 1 amide bonds. The molecular weight excluding hydrogens is 348 g/mol. The van der Waals surface area contributed by atoms with Gasteiger partial charge in [-0.3, -0.25) is 4.79 Å². The fourth-order valence-corrected chi connectivity index (χ4v) is 3.95. The Morgan fingerprint density at radius 3 is 2.81 bits per heavy atom. The first-order valence-corrected chi connectivity index (χ1v) is 9.60. The highest BCUT2D eigenvalue weighted by Crippen LogP contribution is 2.28. The lowest BCUT2D eigenvalue weighted by atomic mass is 9.91. The molecule has 0 aromatic heterocycles. The molecule has 0 unspecified atom stereocenters. The summed E-state index contributed by atoms with van der Waals surface area (Å²) in [6, 6.07) is 13.7. The Morgan fingerprint density at radius 2 is 2.04 bits per heavy atom. The highest BCUT2D eigenvalue weighted by atomic mass is 35.5. The minimum absolute atomic E-state index is 0.0368. The summed E-state index contributed by atoms with van der Waals surface area (Å²) in [6.45, 7) is 3.71. The lowest BCUT2D eigenvalue weighted by molar-refractivity contribution is 0.0733. The van der Waals surface area contributed by atoms with E-state index in [1.807, 2.05) is 35.2 Å². The third kappa shape index (κ3) is 3.71. The SMILES string of the molecule is O=C(c1ccc([C@@H]2CCCNC2)cc1)N1CCOc2ccc(Cl)cc2C1. The Labute approximate surface area is 159 Å². The van der Waals surface area contributed by atoms with Gasteiger partial charge in [-0.2, -0.15) is 0 Å². The Hall–Kier alpha value is -2.04. The predicted molar refractivity (Wildman–Crippen MR) is 103 cm³/mol. The lowest BCUT2D eigenvalue weighted by Gasteiger charge is -2.24. The van der Waals surface area contributed by atoms with Crippen LogP contribution in [0.2, 0.25) is 5.02 Å². The maximum absolute atomic E-state index is 13.0. The average Bonchev–Trinajstić information content (AvgIpc) is 2.90. The van der Waals surface area contributed by atoms with E-state index in [4.69, 9.17) is 16.3 Å². The van der Waals surface area contributed by atoms with Gasteiger partial charge in [0.15, 0.2) is 0 Å². The summed E-state index contributed by atoms with van der Waals surface area (Å²) >= 11 is 6.10. The molecule has 0 radical (unpaired) electrons. The zero-order valence-electron chi connectivity index (χ0n) is 14.7. The molecule has 2 aliphatic rings. The van der Waals surface area contributed by atoms with E-state index in [2.05, 4.69) is 17.4 Å². The summed E-state index contributed by atoms with van der Waals surface area (Å²) in [7, 11) is 0. The molecule has 4 rings (SSSR count). The number of nitrogens with one attached hydrogen (secondary N) is 1. The number of halogens is 1. The number of ether oxygens (including phenoxy) is 1. The zero-order chi connectivity index (χ0) is 17.9. The maximum Gasteiger partial charge on any atom is 0.254 e. The quantitative estimate of drug-likeness (QED) is 0.873. The first-order chi connectivity index (χ1) is 12.7. The van der Waals surface area contributed by atoms with Gasteiger partial charge in [0.2, 0.25) is 0 Å². The Morgan fingerprint density at radius 1 is 1.19 bits per heavy atom. The van der Waals surface area contributed by atoms with Gasteiger partial charge < -0.3 is 15.0 Å². The highest BCUT2D eigenvalue weighted by molar-refractivity contribution is 6.30. The molecule has 0 bridgehead atoms. The van der Waals surface area contributed by atoms with Crippen LogP contribution >= 0.6 is 11.6 Å². The molecule has 1 N–H and O–H groups in total. The van der Waals surface area contributed by atoms with E-state index in [0.29, 0.717) is 30.6 Å². The van der Waals surface area contributed by atoms with E-state index in [1.165, 1.54) is 18.4 Å². The van der Waals surface area contributed by atoms with Crippen molar-refractivity contribution in [2.75, 3.05) is 26.2 Å². The molecule has 26 heavy (non-hydrogen) atoms. The van der Waals surface area contributed by atoms with Crippen LogP contribution in [0.4, 0.5) is 0 Å². The zero-order valence-corrected chi connectivity index (χ0v) is 15.5. The van der Waals surface area contributed by atoms with Crippen molar-refractivity contribution in [3.8, 4) is 5.75 Å². The molecule has 0 spiro atoms. The minimum Gasteiger partial charge on any atom is -0.491 e. The second kappa shape index (κ2) is 7.68. The number of nitrogens with zero attached hydrogens (tertiary/aromatic N) is 1. The number of fused-ring (bicyclic) bond motifs is 1. The summed E-state index contributed by atoms with van der Waals surface area (Å²) in [5.41, 5.74) is 2.99. The molecule has 0 saturated carbocycles. The molecule has 5 heteroatoms. The lowest BCUT2D eigenvalue weighted by Crippen LogP contribution is -2.32. The third-order valence-electron chi connectivity index (χ3n) is 5.22. The van der Waals surface area contributed by atoms with Crippen LogP contribution < -0.4 is 10.1 Å². The molecule has 1 atom stereocenters. The Kier molecular flexibility index (Phi) is 5.14. The van der Waals surface area contributed by atoms with E-state index in [0.717, 1.165) is 30.0 Å². The van der Waals surface area contributed by atoms with Gasteiger partial charge in [-0.05, 0) is 61.2 Å². The second-order valence-corrected chi connectivity index (χ2v) is 7.43. The Balaban J connectivity index is 1.50. The van der Waals surface area contributed by atoms with Crippen LogP contribution in [-0.4, -0.2) is 37.0 Å². The van der Waals surface area contributed by atoms with E-state index >= 15 is 0 Å². The standard InChI is InChI=1S/C21H23ClN2O2/c22-19-7-8-20-18(12-19)14-24(10-11-26-20)21(25)16-5-3-15(4-6-16)17-2-1-9-23-13-17/h3-8,12,17,23H,1-2,9-11,13-14H2/t17-/m1/s1. The van der Waals surface area contributed by atoms with Crippen LogP contribution in [0.25, 0.3) is 0 Å². The van der Waals surface area contributed by atoms with Crippen molar-refractivity contribution >= 4 is 17.5 Å². The van der Waals surface area contributed by atoms with Crippen LogP contribution in [0.3, 0.4) is 0 Å². The smallest absolute Gasteiger partial charge is 0.254 e. The molecule has 2 heterocycles. The van der Waals surface area contributed by atoms with Gasteiger partial charge in [-0.25, -0.2) is 0 Å². The molecule has 2 aromatic carbocycles. The monoisotopic (exact) mass is 370 g/mol. The van der Waals surface area contributed by atoms with Crippen LogP contribution in [0.5, 0.6) is 5.75 Å². The number of piperidine rings is 1. The summed E-state index contributed by atoms with van der Waals surface area (Å²) in [5.74, 6) is 1.40. The summed E-state index contributed by atoms with van der Waals surface area (Å²) in [6.07, 6.45) is 2.42. The fourth-order valence-electron chi connectivity index (χ4n) is 3.75. The third-order valence-corrected chi connectivity index (χ3v) is 5.45. The number of hydrogen-bond acceptors (Lipinski definition) is 3. The number of hydrogen-bond donors (Lipinski definition) is 1. The van der Waals surface area contributed by atoms with Crippen molar-refractivity contribution in [3.63, 3.8) is 0 Å². The largest absolute Gasteiger partial charge is 0.491 e. The van der Waals surface area contributed by atoms with E-state index in [1.54, 1.807) is 0 Å². The van der Waals surface area contributed by atoms with Gasteiger partial charge in [0.05, 0.1) is 6.54 Å². The average molecular weight is 371 g/mol.